The SMILES string of the molecule is CCCCC=CC1(O)CCCCCC1. The van der Waals surface area contributed by atoms with Crippen molar-refractivity contribution in [2.45, 2.75) is 70.3 Å². The normalized spacial score (nSPS) is 22.4. The highest BCUT2D eigenvalue weighted by Gasteiger charge is 2.24. The lowest BCUT2D eigenvalue weighted by molar-refractivity contribution is 0.0744. The average molecular weight is 196 g/mol. The van der Waals surface area contributed by atoms with Crippen LogP contribution in [0.1, 0.15) is 64.7 Å². The fourth-order valence-electron chi connectivity index (χ4n) is 2.13. The fraction of sp³-hybridized carbons (Fsp3) is 0.846. The number of hydrogen-bond donors (Lipinski definition) is 1. The number of unbranched alkanes of at least 4 members (excludes halogenated alkanes) is 2. The van der Waals surface area contributed by atoms with Crippen LogP contribution < -0.4 is 0 Å². The molecular weight excluding hydrogens is 172 g/mol. The molecule has 0 atom stereocenters. The lowest BCUT2D eigenvalue weighted by Crippen LogP contribution is -2.24. The van der Waals surface area contributed by atoms with Crippen LogP contribution in [0.25, 0.3) is 0 Å². The minimum Gasteiger partial charge on any atom is -0.386 e. The average Bonchev–Trinajstić information content (AvgIpc) is 2.39. The van der Waals surface area contributed by atoms with Crippen LogP contribution >= 0.6 is 0 Å². The first-order chi connectivity index (χ1) is 6.77. The van der Waals surface area contributed by atoms with E-state index in [1.807, 2.05) is 0 Å². The zero-order valence-electron chi connectivity index (χ0n) is 9.47. The zero-order chi connectivity index (χ0) is 10.3. The van der Waals surface area contributed by atoms with E-state index >= 15 is 0 Å². The lowest BCUT2D eigenvalue weighted by atomic mass is 9.93. The standard InChI is InChI=1S/C13H24O/c1-2-3-4-7-10-13(14)11-8-5-6-9-12-13/h7,10,14H,2-6,8-9,11-12H2,1H3. The maximum Gasteiger partial charge on any atom is 0.0827 e. The van der Waals surface area contributed by atoms with E-state index in [2.05, 4.69) is 19.1 Å². The van der Waals surface area contributed by atoms with Gasteiger partial charge in [0, 0.05) is 0 Å². The second-order valence-electron chi connectivity index (χ2n) is 4.56. The first-order valence-corrected chi connectivity index (χ1v) is 6.17. The van der Waals surface area contributed by atoms with E-state index in [0.29, 0.717) is 0 Å². The Hall–Kier alpha value is -0.300. The van der Waals surface area contributed by atoms with Crippen LogP contribution in [-0.4, -0.2) is 10.7 Å². The second-order valence-corrected chi connectivity index (χ2v) is 4.56. The molecule has 0 radical (unpaired) electrons. The van der Waals surface area contributed by atoms with Crippen LogP contribution in [0.4, 0.5) is 0 Å². The fourth-order valence-corrected chi connectivity index (χ4v) is 2.13. The predicted molar refractivity (Wildman–Crippen MR) is 61.3 cm³/mol. The Balaban J connectivity index is 2.34. The van der Waals surface area contributed by atoms with Crippen LogP contribution in [0.3, 0.4) is 0 Å². The van der Waals surface area contributed by atoms with Crippen molar-refractivity contribution in [3.8, 4) is 0 Å². The van der Waals surface area contributed by atoms with Crippen molar-refractivity contribution in [1.29, 1.82) is 0 Å². The van der Waals surface area contributed by atoms with Crippen molar-refractivity contribution in [1.82, 2.24) is 0 Å². The van der Waals surface area contributed by atoms with E-state index in [-0.39, 0.29) is 0 Å². The van der Waals surface area contributed by atoms with Gasteiger partial charge in [0.25, 0.3) is 0 Å². The van der Waals surface area contributed by atoms with E-state index in [0.717, 1.165) is 19.3 Å². The predicted octanol–water partition coefficient (Wildman–Crippen LogP) is 3.82. The van der Waals surface area contributed by atoms with Crippen molar-refractivity contribution in [3.05, 3.63) is 12.2 Å². The molecule has 82 valence electrons. The van der Waals surface area contributed by atoms with Crippen molar-refractivity contribution in [3.63, 3.8) is 0 Å². The number of rotatable bonds is 4. The summed E-state index contributed by atoms with van der Waals surface area (Å²) in [6, 6.07) is 0. The molecule has 1 saturated carbocycles. The number of aliphatic hydroxyl groups is 1. The van der Waals surface area contributed by atoms with Crippen molar-refractivity contribution in [2.24, 2.45) is 0 Å². The molecule has 14 heavy (non-hydrogen) atoms. The Bertz CT molecular complexity index is 164. The lowest BCUT2D eigenvalue weighted by Gasteiger charge is -2.22. The van der Waals surface area contributed by atoms with Crippen molar-refractivity contribution < 1.29 is 5.11 Å². The summed E-state index contributed by atoms with van der Waals surface area (Å²) >= 11 is 0. The van der Waals surface area contributed by atoms with Gasteiger partial charge >= 0.3 is 0 Å². The Kier molecular flexibility index (Phi) is 5.24. The van der Waals surface area contributed by atoms with E-state index in [1.165, 1.54) is 38.5 Å². The van der Waals surface area contributed by atoms with Crippen molar-refractivity contribution in [2.75, 3.05) is 0 Å². The molecule has 0 saturated heterocycles. The number of allylic oxidation sites excluding steroid dienone is 1. The van der Waals surface area contributed by atoms with Crippen LogP contribution in [0.2, 0.25) is 0 Å². The highest BCUT2D eigenvalue weighted by molar-refractivity contribution is 5.01. The molecule has 0 unspecified atom stereocenters. The van der Waals surface area contributed by atoms with Gasteiger partial charge < -0.3 is 5.11 Å². The van der Waals surface area contributed by atoms with Crippen LogP contribution in [-0.2, 0) is 0 Å². The first-order valence-electron chi connectivity index (χ1n) is 6.17. The molecule has 0 amide bonds. The Morgan fingerprint density at radius 3 is 2.36 bits per heavy atom. The third kappa shape index (κ3) is 4.28. The van der Waals surface area contributed by atoms with E-state index < -0.39 is 5.60 Å². The molecule has 0 bridgehead atoms. The van der Waals surface area contributed by atoms with Gasteiger partial charge in [-0.2, -0.15) is 0 Å². The Labute approximate surface area is 88.2 Å². The molecule has 1 N–H and O–H groups in total. The summed E-state index contributed by atoms with van der Waals surface area (Å²) in [7, 11) is 0. The molecule has 1 nitrogen and oxygen atoms in total. The monoisotopic (exact) mass is 196 g/mol. The molecule has 0 aliphatic heterocycles. The summed E-state index contributed by atoms with van der Waals surface area (Å²) in [5.41, 5.74) is -0.468. The van der Waals surface area contributed by atoms with E-state index in [4.69, 9.17) is 0 Å². The molecule has 1 aliphatic rings. The quantitative estimate of drug-likeness (QED) is 0.412. The van der Waals surface area contributed by atoms with E-state index in [9.17, 15) is 5.11 Å². The molecule has 1 aliphatic carbocycles. The molecule has 1 heteroatoms. The molecule has 0 aromatic heterocycles. The Morgan fingerprint density at radius 1 is 1.14 bits per heavy atom. The van der Waals surface area contributed by atoms with Crippen molar-refractivity contribution >= 4 is 0 Å². The van der Waals surface area contributed by atoms with Gasteiger partial charge in [-0.05, 0) is 19.3 Å². The summed E-state index contributed by atoms with van der Waals surface area (Å²) in [4.78, 5) is 0. The minimum absolute atomic E-state index is 0.468. The molecule has 0 aromatic carbocycles. The molecule has 1 rings (SSSR count). The largest absolute Gasteiger partial charge is 0.386 e. The van der Waals surface area contributed by atoms with E-state index in [1.54, 1.807) is 0 Å². The molecule has 0 heterocycles. The third-order valence-electron chi connectivity index (χ3n) is 3.12. The summed E-state index contributed by atoms with van der Waals surface area (Å²) in [6.07, 6.45) is 14.8. The maximum absolute atomic E-state index is 10.3. The van der Waals surface area contributed by atoms with Gasteiger partial charge in [0.05, 0.1) is 5.60 Å². The highest BCUT2D eigenvalue weighted by atomic mass is 16.3. The molecule has 0 aromatic rings. The van der Waals surface area contributed by atoms with Crippen LogP contribution in [0.5, 0.6) is 0 Å². The maximum atomic E-state index is 10.3. The zero-order valence-corrected chi connectivity index (χ0v) is 9.47. The van der Waals surface area contributed by atoms with Gasteiger partial charge in [-0.25, -0.2) is 0 Å². The summed E-state index contributed by atoms with van der Waals surface area (Å²) in [5, 5.41) is 10.3. The Morgan fingerprint density at radius 2 is 1.79 bits per heavy atom. The van der Waals surface area contributed by atoms with Gasteiger partial charge in [0.15, 0.2) is 0 Å². The van der Waals surface area contributed by atoms with Crippen LogP contribution in [0.15, 0.2) is 12.2 Å². The second kappa shape index (κ2) is 6.23. The van der Waals surface area contributed by atoms with Gasteiger partial charge in [0.2, 0.25) is 0 Å². The highest BCUT2D eigenvalue weighted by Crippen LogP contribution is 2.28. The third-order valence-corrected chi connectivity index (χ3v) is 3.12. The topological polar surface area (TPSA) is 20.2 Å². The minimum atomic E-state index is -0.468. The molecular formula is C13H24O. The summed E-state index contributed by atoms with van der Waals surface area (Å²) in [5.74, 6) is 0. The van der Waals surface area contributed by atoms with Gasteiger partial charge in [-0.1, -0.05) is 57.6 Å². The van der Waals surface area contributed by atoms with Gasteiger partial charge in [-0.15, -0.1) is 0 Å². The van der Waals surface area contributed by atoms with Gasteiger partial charge in [-0.3, -0.25) is 0 Å². The first kappa shape index (κ1) is 11.8. The smallest absolute Gasteiger partial charge is 0.0827 e. The molecule has 1 fully saturated rings. The number of hydrogen-bond acceptors (Lipinski definition) is 1. The van der Waals surface area contributed by atoms with Gasteiger partial charge in [0.1, 0.15) is 0 Å². The molecule has 0 spiro atoms. The van der Waals surface area contributed by atoms with Crippen LogP contribution in [0, 0.1) is 0 Å². The summed E-state index contributed by atoms with van der Waals surface area (Å²) < 4.78 is 0. The summed E-state index contributed by atoms with van der Waals surface area (Å²) in [6.45, 7) is 2.20.